The Balaban J connectivity index is 0.00000280. The molecule has 1 unspecified atom stereocenters. The molecule has 2 N–H and O–H groups in total. The number of nitrogens with one attached hydrogen (secondary N) is 2. The molecule has 1 aromatic carbocycles. The zero-order chi connectivity index (χ0) is 19.2. The van der Waals surface area contributed by atoms with Crippen LogP contribution in [0.15, 0.2) is 23.2 Å². The van der Waals surface area contributed by atoms with Crippen LogP contribution in [0.2, 0.25) is 0 Å². The maximum atomic E-state index is 12.6. The molecule has 3 rings (SSSR count). The lowest BCUT2D eigenvalue weighted by Gasteiger charge is -2.18. The number of hydrogen-bond acceptors (Lipinski definition) is 4. The van der Waals surface area contributed by atoms with Crippen molar-refractivity contribution in [2.75, 3.05) is 33.8 Å². The van der Waals surface area contributed by atoms with Crippen molar-refractivity contribution >= 4 is 29.9 Å². The summed E-state index contributed by atoms with van der Waals surface area (Å²) in [6.45, 7) is 0.600. The highest BCUT2D eigenvalue weighted by atomic mass is 127. The van der Waals surface area contributed by atoms with Gasteiger partial charge in [0.05, 0.1) is 7.11 Å². The summed E-state index contributed by atoms with van der Waals surface area (Å²) in [6.07, 6.45) is 3.88. The van der Waals surface area contributed by atoms with Gasteiger partial charge in [-0.2, -0.15) is 8.78 Å². The first-order chi connectivity index (χ1) is 13.1. The summed E-state index contributed by atoms with van der Waals surface area (Å²) in [5.41, 5.74) is 0.582. The summed E-state index contributed by atoms with van der Waals surface area (Å²) in [4.78, 5) is 6.80. The highest BCUT2D eigenvalue weighted by Gasteiger charge is 2.34. The van der Waals surface area contributed by atoms with Gasteiger partial charge in [-0.1, -0.05) is 0 Å². The van der Waals surface area contributed by atoms with Crippen LogP contribution >= 0.6 is 24.0 Å². The predicted molar refractivity (Wildman–Crippen MR) is 116 cm³/mol. The standard InChI is InChI=1S/C19H28F2N4O2.HI/c1-22-19(23-10-13-7-8-25(12-13)15-3-4-15)24-11-14-9-16(26-2)5-6-17(14)27-18(20)21;/h5-6,9,13,15,18H,3-4,7-8,10-12H2,1-2H3,(H2,22,23,24);1H. The summed E-state index contributed by atoms with van der Waals surface area (Å²) in [6, 6.07) is 5.58. The van der Waals surface area contributed by atoms with Crippen molar-refractivity contribution < 1.29 is 18.3 Å². The number of likely N-dealkylation sites (tertiary alicyclic amines) is 1. The lowest BCUT2D eigenvalue weighted by atomic mass is 10.1. The molecule has 0 radical (unpaired) electrons. The smallest absolute Gasteiger partial charge is 0.387 e. The normalized spacial score (nSPS) is 20.0. The summed E-state index contributed by atoms with van der Waals surface area (Å²) >= 11 is 0. The third-order valence-corrected chi connectivity index (χ3v) is 5.09. The first kappa shape index (κ1) is 22.9. The van der Waals surface area contributed by atoms with Crippen molar-refractivity contribution in [3.05, 3.63) is 23.8 Å². The molecule has 28 heavy (non-hydrogen) atoms. The van der Waals surface area contributed by atoms with Crippen LogP contribution in [0.3, 0.4) is 0 Å². The highest BCUT2D eigenvalue weighted by Crippen LogP contribution is 2.31. The molecule has 158 valence electrons. The number of benzene rings is 1. The Hall–Kier alpha value is -1.36. The lowest BCUT2D eigenvalue weighted by molar-refractivity contribution is -0.0504. The lowest BCUT2D eigenvalue weighted by Crippen LogP contribution is -2.40. The van der Waals surface area contributed by atoms with Crippen molar-refractivity contribution in [3.8, 4) is 11.5 Å². The fraction of sp³-hybridized carbons (Fsp3) is 0.632. The van der Waals surface area contributed by atoms with E-state index in [-0.39, 0.29) is 29.7 Å². The third-order valence-electron chi connectivity index (χ3n) is 5.09. The number of hydrogen-bond donors (Lipinski definition) is 2. The van der Waals surface area contributed by atoms with Crippen LogP contribution in [0.1, 0.15) is 24.8 Å². The Morgan fingerprint density at radius 2 is 2.07 bits per heavy atom. The van der Waals surface area contributed by atoms with Crippen LogP contribution in [-0.2, 0) is 6.54 Å². The van der Waals surface area contributed by atoms with Gasteiger partial charge in [-0.3, -0.25) is 4.99 Å². The van der Waals surface area contributed by atoms with Gasteiger partial charge in [-0.05, 0) is 49.9 Å². The van der Waals surface area contributed by atoms with Gasteiger partial charge in [0.2, 0.25) is 0 Å². The van der Waals surface area contributed by atoms with Crippen molar-refractivity contribution in [1.82, 2.24) is 15.5 Å². The highest BCUT2D eigenvalue weighted by molar-refractivity contribution is 14.0. The maximum Gasteiger partial charge on any atom is 0.387 e. The molecule has 2 aliphatic rings. The minimum absolute atomic E-state index is 0. The molecule has 0 bridgehead atoms. The van der Waals surface area contributed by atoms with Crippen molar-refractivity contribution in [3.63, 3.8) is 0 Å². The Labute approximate surface area is 182 Å². The van der Waals surface area contributed by atoms with E-state index in [0.29, 0.717) is 29.7 Å². The molecule has 1 saturated carbocycles. The number of guanidine groups is 1. The molecule has 0 amide bonds. The number of methoxy groups -OCH3 is 1. The van der Waals surface area contributed by atoms with Crippen molar-refractivity contribution in [1.29, 1.82) is 0 Å². The average molecular weight is 510 g/mol. The molecular weight excluding hydrogens is 481 g/mol. The first-order valence-corrected chi connectivity index (χ1v) is 9.39. The molecule has 1 aliphatic carbocycles. The van der Waals surface area contributed by atoms with Crippen LogP contribution in [-0.4, -0.2) is 57.3 Å². The minimum atomic E-state index is -2.87. The van der Waals surface area contributed by atoms with Crippen LogP contribution < -0.4 is 20.1 Å². The first-order valence-electron chi connectivity index (χ1n) is 9.39. The van der Waals surface area contributed by atoms with E-state index >= 15 is 0 Å². The summed E-state index contributed by atoms with van der Waals surface area (Å²) in [7, 11) is 3.23. The second kappa shape index (κ2) is 11.0. The molecular formula is C19H29F2IN4O2. The largest absolute Gasteiger partial charge is 0.497 e. The van der Waals surface area contributed by atoms with E-state index in [0.717, 1.165) is 19.1 Å². The van der Waals surface area contributed by atoms with Crippen LogP contribution in [0, 0.1) is 5.92 Å². The average Bonchev–Trinajstić information content (AvgIpc) is 3.41. The summed E-state index contributed by atoms with van der Waals surface area (Å²) < 4.78 is 35.0. The van der Waals surface area contributed by atoms with E-state index < -0.39 is 6.61 Å². The third kappa shape index (κ3) is 6.61. The SMILES string of the molecule is CN=C(NCc1cc(OC)ccc1OC(F)F)NCC1CCN(C2CC2)C1.I. The minimum Gasteiger partial charge on any atom is -0.497 e. The van der Waals surface area contributed by atoms with E-state index in [9.17, 15) is 8.78 Å². The Bertz CT molecular complexity index is 659. The molecule has 1 heterocycles. The zero-order valence-corrected chi connectivity index (χ0v) is 18.6. The second-order valence-corrected chi connectivity index (χ2v) is 7.04. The molecule has 0 spiro atoms. The Kier molecular flexibility index (Phi) is 9.00. The molecule has 0 aromatic heterocycles. The number of ether oxygens (including phenoxy) is 2. The number of rotatable bonds is 8. The van der Waals surface area contributed by atoms with Crippen LogP contribution in [0.5, 0.6) is 11.5 Å². The molecule has 1 saturated heterocycles. The van der Waals surface area contributed by atoms with E-state index in [2.05, 4.69) is 25.3 Å². The molecule has 6 nitrogen and oxygen atoms in total. The second-order valence-electron chi connectivity index (χ2n) is 7.04. The number of halogens is 3. The van der Waals surface area contributed by atoms with Crippen molar-refractivity contribution in [2.24, 2.45) is 10.9 Å². The van der Waals surface area contributed by atoms with E-state index in [1.165, 1.54) is 39.0 Å². The number of aliphatic imine (C=N–C) groups is 1. The topological polar surface area (TPSA) is 58.1 Å². The fourth-order valence-electron chi connectivity index (χ4n) is 3.47. The zero-order valence-electron chi connectivity index (χ0n) is 16.3. The monoisotopic (exact) mass is 510 g/mol. The Morgan fingerprint density at radius 3 is 2.71 bits per heavy atom. The van der Waals surface area contributed by atoms with E-state index in [4.69, 9.17) is 4.74 Å². The number of alkyl halides is 2. The van der Waals surface area contributed by atoms with Gasteiger partial charge in [0.15, 0.2) is 5.96 Å². The molecule has 1 aliphatic heterocycles. The predicted octanol–water partition coefficient (Wildman–Crippen LogP) is 3.06. The van der Waals surface area contributed by atoms with Gasteiger partial charge in [0.1, 0.15) is 11.5 Å². The fourth-order valence-corrected chi connectivity index (χ4v) is 3.47. The van der Waals surface area contributed by atoms with E-state index in [1.54, 1.807) is 19.2 Å². The molecule has 9 heteroatoms. The quantitative estimate of drug-likeness (QED) is 0.320. The molecule has 2 fully saturated rings. The van der Waals surface area contributed by atoms with E-state index in [1.807, 2.05) is 0 Å². The van der Waals surface area contributed by atoms with Gasteiger partial charge in [0, 0.05) is 38.3 Å². The van der Waals surface area contributed by atoms with Crippen LogP contribution in [0.25, 0.3) is 0 Å². The van der Waals surface area contributed by atoms with Gasteiger partial charge in [0.25, 0.3) is 0 Å². The number of nitrogens with zero attached hydrogens (tertiary/aromatic N) is 2. The molecule has 1 aromatic rings. The summed E-state index contributed by atoms with van der Waals surface area (Å²) in [5.74, 6) is 1.97. The van der Waals surface area contributed by atoms with Gasteiger partial charge in [-0.15, -0.1) is 24.0 Å². The van der Waals surface area contributed by atoms with Crippen molar-refractivity contribution in [2.45, 2.75) is 38.5 Å². The summed E-state index contributed by atoms with van der Waals surface area (Å²) in [5, 5.41) is 6.51. The molecule has 1 atom stereocenters. The van der Waals surface area contributed by atoms with Gasteiger partial charge < -0.3 is 25.0 Å². The maximum absolute atomic E-state index is 12.6. The van der Waals surface area contributed by atoms with Gasteiger partial charge in [-0.25, -0.2) is 0 Å². The van der Waals surface area contributed by atoms with Crippen LogP contribution in [0.4, 0.5) is 8.78 Å². The van der Waals surface area contributed by atoms with Gasteiger partial charge >= 0.3 is 6.61 Å². The Morgan fingerprint density at radius 1 is 1.29 bits per heavy atom.